The molecule has 0 aliphatic rings. The summed E-state index contributed by atoms with van der Waals surface area (Å²) in [5, 5.41) is 38.8. The Balaban J connectivity index is 3.97. The number of carbonyl (C=O) groups excluding carboxylic acids is 2. The van der Waals surface area contributed by atoms with E-state index in [1.54, 1.807) is 27.7 Å². The van der Waals surface area contributed by atoms with Crippen LogP contribution in [0.2, 0.25) is 0 Å². The van der Waals surface area contributed by atoms with Crippen molar-refractivity contribution in [3.8, 4) is 0 Å². The minimum Gasteiger partial charge on any atom is -0.461 e. The van der Waals surface area contributed by atoms with E-state index in [0.717, 1.165) is 0 Å². The first-order valence-corrected chi connectivity index (χ1v) is 8.69. The van der Waals surface area contributed by atoms with Crippen molar-refractivity contribution in [3.63, 3.8) is 0 Å². The van der Waals surface area contributed by atoms with E-state index in [0.29, 0.717) is 19.3 Å². The Morgan fingerprint density at radius 1 is 0.680 bits per heavy atom. The molecule has 4 N–H and O–H groups in total. The van der Waals surface area contributed by atoms with E-state index in [1.807, 2.05) is 0 Å². The average Bonchev–Trinajstić information content (AvgIpc) is 2.51. The first-order chi connectivity index (χ1) is 11.6. The Morgan fingerprint density at radius 3 is 1.28 bits per heavy atom. The zero-order chi connectivity index (χ0) is 19.6. The smallest absolute Gasteiger partial charge is 0.337 e. The Bertz CT molecular complexity index is 360. The number of ether oxygens (including phenoxy) is 2. The monoisotopic (exact) mass is 364 g/mol. The molecule has 0 fully saturated rings. The topological polar surface area (TPSA) is 134 Å². The summed E-state index contributed by atoms with van der Waals surface area (Å²) in [7, 11) is 0. The molecule has 0 spiro atoms. The molecule has 0 saturated heterocycles. The highest BCUT2D eigenvalue weighted by molar-refractivity contribution is 5.75. The van der Waals surface area contributed by atoms with E-state index >= 15 is 0 Å². The first-order valence-electron chi connectivity index (χ1n) is 8.69. The fourth-order valence-electron chi connectivity index (χ4n) is 2.12. The minimum absolute atomic E-state index is 0.197. The number of unbranched alkanes of at least 4 members (excludes halogenated alkanes) is 2. The summed E-state index contributed by atoms with van der Waals surface area (Å²) >= 11 is 0. The second-order valence-corrected chi connectivity index (χ2v) is 6.63. The molecule has 0 amide bonds. The van der Waals surface area contributed by atoms with E-state index in [9.17, 15) is 30.0 Å². The van der Waals surface area contributed by atoms with Crippen molar-refractivity contribution in [2.45, 2.75) is 96.4 Å². The summed E-state index contributed by atoms with van der Waals surface area (Å²) < 4.78 is 9.63. The molecule has 0 aliphatic heterocycles. The molecule has 148 valence electrons. The van der Waals surface area contributed by atoms with Crippen LogP contribution in [0.3, 0.4) is 0 Å². The lowest BCUT2D eigenvalue weighted by Crippen LogP contribution is -2.36. The Morgan fingerprint density at radius 2 is 1.00 bits per heavy atom. The van der Waals surface area contributed by atoms with E-state index in [4.69, 9.17) is 9.47 Å². The number of esters is 2. The zero-order valence-electron chi connectivity index (χ0n) is 15.4. The maximum absolute atomic E-state index is 11.5. The number of aliphatic hydroxyl groups excluding tert-OH is 4. The molecule has 0 aliphatic carbocycles. The van der Waals surface area contributed by atoms with Gasteiger partial charge in [0.05, 0.1) is 24.4 Å². The van der Waals surface area contributed by atoms with Gasteiger partial charge >= 0.3 is 11.9 Å². The maximum atomic E-state index is 11.5. The van der Waals surface area contributed by atoms with Crippen molar-refractivity contribution in [3.05, 3.63) is 0 Å². The van der Waals surface area contributed by atoms with E-state index in [2.05, 4.69) is 0 Å². The van der Waals surface area contributed by atoms with Crippen molar-refractivity contribution in [1.82, 2.24) is 0 Å². The minimum atomic E-state index is -1.58. The van der Waals surface area contributed by atoms with E-state index < -0.39 is 36.4 Å². The number of rotatable bonds is 12. The summed E-state index contributed by atoms with van der Waals surface area (Å²) in [6.45, 7) is 6.59. The Labute approximate surface area is 148 Å². The molecule has 8 heteroatoms. The van der Waals surface area contributed by atoms with Crippen LogP contribution in [-0.4, -0.2) is 69.0 Å². The quantitative estimate of drug-likeness (QED) is 0.287. The molecule has 0 radical (unpaired) electrons. The Kier molecular flexibility index (Phi) is 11.6. The van der Waals surface area contributed by atoms with Gasteiger partial charge in [0.15, 0.2) is 12.2 Å². The number of hydrogen-bond acceptors (Lipinski definition) is 8. The highest BCUT2D eigenvalue weighted by Crippen LogP contribution is 2.13. The van der Waals surface area contributed by atoms with Gasteiger partial charge in [-0.1, -0.05) is 19.3 Å². The summed E-state index contributed by atoms with van der Waals surface area (Å²) in [6, 6.07) is 0. The van der Waals surface area contributed by atoms with Gasteiger partial charge in [0.2, 0.25) is 0 Å². The molecule has 0 aromatic heterocycles. The third-order valence-electron chi connectivity index (χ3n) is 3.42. The van der Waals surface area contributed by atoms with Crippen LogP contribution in [0.5, 0.6) is 0 Å². The third kappa shape index (κ3) is 10.4. The third-order valence-corrected chi connectivity index (χ3v) is 3.42. The van der Waals surface area contributed by atoms with Gasteiger partial charge in [-0.2, -0.15) is 0 Å². The van der Waals surface area contributed by atoms with Crippen LogP contribution in [0.25, 0.3) is 0 Å². The van der Waals surface area contributed by atoms with Crippen molar-refractivity contribution >= 4 is 11.9 Å². The molecule has 0 rings (SSSR count). The van der Waals surface area contributed by atoms with E-state index in [-0.39, 0.29) is 25.0 Å². The van der Waals surface area contributed by atoms with Crippen molar-refractivity contribution in [1.29, 1.82) is 0 Å². The summed E-state index contributed by atoms with van der Waals surface area (Å²) in [4.78, 5) is 22.9. The first kappa shape index (κ1) is 23.8. The molecule has 0 bridgehead atoms. The van der Waals surface area contributed by atoms with Crippen molar-refractivity contribution in [2.24, 2.45) is 0 Å². The number of hydrogen-bond donors (Lipinski definition) is 4. The van der Waals surface area contributed by atoms with E-state index in [1.165, 1.54) is 0 Å². The fraction of sp³-hybridized carbons (Fsp3) is 0.882. The van der Waals surface area contributed by atoms with Crippen LogP contribution in [0.1, 0.15) is 59.8 Å². The van der Waals surface area contributed by atoms with Crippen LogP contribution < -0.4 is 0 Å². The second-order valence-electron chi connectivity index (χ2n) is 6.63. The SMILES string of the molecule is CC(C)OC(=O)[C@@H](O)[C@H](O)CCCCC[C@@H](O)[C@H](O)C(=O)OC(C)C. The molecular weight excluding hydrogens is 332 g/mol. The van der Waals surface area contributed by atoms with Crippen LogP contribution in [0.15, 0.2) is 0 Å². The molecule has 4 atom stereocenters. The van der Waals surface area contributed by atoms with Gasteiger partial charge in [0.25, 0.3) is 0 Å². The maximum Gasteiger partial charge on any atom is 0.337 e. The molecule has 0 heterocycles. The molecule has 8 nitrogen and oxygen atoms in total. The van der Waals surface area contributed by atoms with Crippen LogP contribution in [-0.2, 0) is 19.1 Å². The number of carbonyl (C=O) groups is 2. The summed E-state index contributed by atoms with van der Waals surface area (Å²) in [6.07, 6.45) is -4.35. The lowest BCUT2D eigenvalue weighted by atomic mass is 10.0. The fourth-order valence-corrected chi connectivity index (χ4v) is 2.12. The highest BCUT2D eigenvalue weighted by atomic mass is 16.6. The van der Waals surface area contributed by atoms with Gasteiger partial charge in [0.1, 0.15) is 0 Å². The zero-order valence-corrected chi connectivity index (χ0v) is 15.4. The summed E-state index contributed by atoms with van der Waals surface area (Å²) in [5.74, 6) is -1.71. The van der Waals surface area contributed by atoms with Crippen LogP contribution in [0.4, 0.5) is 0 Å². The molecular formula is C17H32O8. The average molecular weight is 364 g/mol. The van der Waals surface area contributed by atoms with Crippen molar-refractivity contribution in [2.75, 3.05) is 0 Å². The lowest BCUT2D eigenvalue weighted by Gasteiger charge is -2.19. The highest BCUT2D eigenvalue weighted by Gasteiger charge is 2.27. The predicted octanol–water partition coefficient (Wildman–Crippen LogP) is 0.284. The Hall–Kier alpha value is -1.22. The van der Waals surface area contributed by atoms with Gasteiger partial charge in [-0.15, -0.1) is 0 Å². The van der Waals surface area contributed by atoms with Gasteiger partial charge in [-0.3, -0.25) is 0 Å². The summed E-state index contributed by atoms with van der Waals surface area (Å²) in [5.41, 5.74) is 0. The van der Waals surface area contributed by atoms with Gasteiger partial charge in [-0.05, 0) is 40.5 Å². The van der Waals surface area contributed by atoms with Gasteiger partial charge < -0.3 is 29.9 Å². The molecule has 0 aromatic rings. The largest absolute Gasteiger partial charge is 0.461 e. The number of aliphatic hydroxyl groups is 4. The van der Waals surface area contributed by atoms with Crippen LogP contribution in [0, 0.1) is 0 Å². The van der Waals surface area contributed by atoms with Gasteiger partial charge in [0, 0.05) is 0 Å². The molecule has 0 saturated carbocycles. The standard InChI is InChI=1S/C17H32O8/c1-10(2)24-16(22)14(20)12(18)8-6-5-7-9-13(19)15(21)17(23)25-11(3)4/h10-15,18-21H,5-9H2,1-4H3/t12-,13-,14+,15+/m1/s1. The normalized spacial score (nSPS) is 16.4. The second kappa shape index (κ2) is 12.2. The van der Waals surface area contributed by atoms with Crippen LogP contribution >= 0.6 is 0 Å². The van der Waals surface area contributed by atoms with Crippen molar-refractivity contribution < 1.29 is 39.5 Å². The molecule has 25 heavy (non-hydrogen) atoms. The molecule has 0 aromatic carbocycles. The predicted molar refractivity (Wildman–Crippen MR) is 89.6 cm³/mol. The lowest BCUT2D eigenvalue weighted by molar-refractivity contribution is -0.164. The molecule has 0 unspecified atom stereocenters. The van der Waals surface area contributed by atoms with Gasteiger partial charge in [-0.25, -0.2) is 9.59 Å².